The summed E-state index contributed by atoms with van der Waals surface area (Å²) in [4.78, 5) is 2.59. The number of rotatable bonds is 5. The molecule has 0 N–H and O–H groups in total. The molecule has 32 heavy (non-hydrogen) atoms. The summed E-state index contributed by atoms with van der Waals surface area (Å²) in [6.45, 7) is 6.28. The molecule has 0 radical (unpaired) electrons. The Kier molecular flexibility index (Phi) is 6.28. The van der Waals surface area contributed by atoms with Crippen molar-refractivity contribution in [1.82, 2.24) is 9.47 Å². The van der Waals surface area contributed by atoms with Crippen LogP contribution in [-0.2, 0) is 13.1 Å². The molecule has 1 aliphatic rings. The van der Waals surface area contributed by atoms with Crippen molar-refractivity contribution in [2.24, 2.45) is 0 Å². The fourth-order valence-corrected chi connectivity index (χ4v) is 5.88. The van der Waals surface area contributed by atoms with E-state index in [1.807, 2.05) is 18.2 Å². The Labute approximate surface area is 200 Å². The van der Waals surface area contributed by atoms with Crippen LogP contribution in [0.25, 0.3) is 10.9 Å². The van der Waals surface area contributed by atoms with Gasteiger partial charge in [0.2, 0.25) is 0 Å². The minimum absolute atomic E-state index is 0.438. The molecule has 2 nitrogen and oxygen atoms in total. The Balaban J connectivity index is 1.37. The summed E-state index contributed by atoms with van der Waals surface area (Å²) in [5.74, 6) is 0.438. The summed E-state index contributed by atoms with van der Waals surface area (Å²) in [6.07, 6.45) is 2.18. The number of hydrogen-bond acceptors (Lipinski definition) is 1. The summed E-state index contributed by atoms with van der Waals surface area (Å²) in [5, 5.41) is 2.98. The van der Waals surface area contributed by atoms with Gasteiger partial charge in [-0.25, -0.2) is 0 Å². The molecule has 3 aromatic carbocycles. The lowest BCUT2D eigenvalue weighted by Crippen LogP contribution is -2.32. The number of aromatic nitrogens is 1. The smallest absolute Gasteiger partial charge is 0.0488 e. The summed E-state index contributed by atoms with van der Waals surface area (Å²) in [7, 11) is 0. The number of benzene rings is 3. The van der Waals surface area contributed by atoms with Crippen LogP contribution in [0.1, 0.15) is 41.1 Å². The molecule has 4 aromatic rings. The Hall–Kier alpha value is -2.26. The van der Waals surface area contributed by atoms with E-state index >= 15 is 0 Å². The SMILES string of the molecule is Cc1c(CN2CCC(c3c(Cl)cccc3Cl)CC2)c2ccccc2n1Cc1ccccc1. The van der Waals surface area contributed by atoms with Gasteiger partial charge in [0.25, 0.3) is 0 Å². The molecule has 0 atom stereocenters. The molecule has 1 aromatic heterocycles. The van der Waals surface area contributed by atoms with E-state index in [0.29, 0.717) is 5.92 Å². The van der Waals surface area contributed by atoms with Gasteiger partial charge in [-0.2, -0.15) is 0 Å². The number of fused-ring (bicyclic) bond motifs is 1. The topological polar surface area (TPSA) is 8.17 Å². The molecule has 0 amide bonds. The van der Waals surface area contributed by atoms with Crippen molar-refractivity contribution in [2.45, 2.75) is 38.8 Å². The molecule has 4 heteroatoms. The first kappa shape index (κ1) is 21.6. The first-order valence-corrected chi connectivity index (χ1v) is 12.1. The molecule has 0 saturated carbocycles. The van der Waals surface area contributed by atoms with Gasteiger partial charge in [-0.05, 0) is 73.7 Å². The van der Waals surface area contributed by atoms with Crippen LogP contribution < -0.4 is 0 Å². The van der Waals surface area contributed by atoms with Crippen LogP contribution in [-0.4, -0.2) is 22.6 Å². The minimum Gasteiger partial charge on any atom is -0.340 e. The molecular formula is C28H28Cl2N2. The number of hydrogen-bond donors (Lipinski definition) is 0. The third-order valence-electron chi connectivity index (χ3n) is 6.92. The van der Waals surface area contributed by atoms with E-state index in [1.165, 1.54) is 27.7 Å². The lowest BCUT2D eigenvalue weighted by Gasteiger charge is -2.33. The second kappa shape index (κ2) is 9.31. The maximum absolute atomic E-state index is 6.48. The number of halogens is 2. The number of para-hydroxylation sites is 1. The maximum atomic E-state index is 6.48. The molecule has 2 heterocycles. The average molecular weight is 463 g/mol. The van der Waals surface area contributed by atoms with Crippen molar-refractivity contribution in [2.75, 3.05) is 13.1 Å². The summed E-state index contributed by atoms with van der Waals surface area (Å²) in [5.41, 5.74) is 6.60. The minimum atomic E-state index is 0.438. The third-order valence-corrected chi connectivity index (χ3v) is 7.58. The van der Waals surface area contributed by atoms with E-state index in [1.54, 1.807) is 0 Å². The Bertz CT molecular complexity index is 1200. The zero-order chi connectivity index (χ0) is 22.1. The first-order chi connectivity index (χ1) is 15.6. The van der Waals surface area contributed by atoms with Crippen LogP contribution in [0.2, 0.25) is 10.0 Å². The van der Waals surface area contributed by atoms with Gasteiger partial charge in [0.05, 0.1) is 0 Å². The highest BCUT2D eigenvalue weighted by Gasteiger charge is 2.25. The average Bonchev–Trinajstić information content (AvgIpc) is 3.07. The molecule has 1 aliphatic heterocycles. The van der Waals surface area contributed by atoms with Crippen molar-refractivity contribution in [3.05, 3.63) is 105 Å². The zero-order valence-electron chi connectivity index (χ0n) is 18.4. The van der Waals surface area contributed by atoms with Crippen molar-refractivity contribution in [3.8, 4) is 0 Å². The quantitative estimate of drug-likeness (QED) is 0.295. The van der Waals surface area contributed by atoms with Crippen molar-refractivity contribution < 1.29 is 0 Å². The third kappa shape index (κ3) is 4.20. The molecule has 0 bridgehead atoms. The van der Waals surface area contributed by atoms with Crippen LogP contribution in [0.4, 0.5) is 0 Å². The second-order valence-corrected chi connectivity index (χ2v) is 9.65. The van der Waals surface area contributed by atoms with E-state index in [0.717, 1.165) is 54.6 Å². The molecule has 1 saturated heterocycles. The Morgan fingerprint density at radius 2 is 1.44 bits per heavy atom. The first-order valence-electron chi connectivity index (χ1n) is 11.4. The van der Waals surface area contributed by atoms with E-state index in [9.17, 15) is 0 Å². The molecule has 0 spiro atoms. The standard InChI is InChI=1S/C28H28Cl2N2/c1-20-24(19-31-16-14-22(15-17-31)28-25(29)11-7-12-26(28)30)23-10-5-6-13-27(23)32(20)18-21-8-3-2-4-9-21/h2-13,22H,14-19H2,1H3. The van der Waals surface area contributed by atoms with Gasteiger partial charge in [0.15, 0.2) is 0 Å². The monoisotopic (exact) mass is 462 g/mol. The van der Waals surface area contributed by atoms with Crippen LogP contribution in [0.3, 0.4) is 0 Å². The predicted molar refractivity (Wildman–Crippen MR) is 136 cm³/mol. The van der Waals surface area contributed by atoms with E-state index in [-0.39, 0.29) is 0 Å². The van der Waals surface area contributed by atoms with Crippen LogP contribution in [0.5, 0.6) is 0 Å². The van der Waals surface area contributed by atoms with Gasteiger partial charge in [-0.15, -0.1) is 0 Å². The van der Waals surface area contributed by atoms with Gasteiger partial charge in [0, 0.05) is 39.7 Å². The number of likely N-dealkylation sites (tertiary alicyclic amines) is 1. The van der Waals surface area contributed by atoms with Crippen molar-refractivity contribution >= 4 is 34.1 Å². The Morgan fingerprint density at radius 3 is 2.16 bits per heavy atom. The maximum Gasteiger partial charge on any atom is 0.0488 e. The molecule has 0 unspecified atom stereocenters. The number of piperidine rings is 1. The lowest BCUT2D eigenvalue weighted by atomic mass is 9.89. The molecule has 5 rings (SSSR count). The molecule has 164 valence electrons. The van der Waals surface area contributed by atoms with Gasteiger partial charge in [-0.1, -0.05) is 77.8 Å². The van der Waals surface area contributed by atoms with Gasteiger partial charge >= 0.3 is 0 Å². The fourth-order valence-electron chi connectivity index (χ4n) is 5.18. The highest BCUT2D eigenvalue weighted by molar-refractivity contribution is 6.36. The molecule has 0 aliphatic carbocycles. The summed E-state index contributed by atoms with van der Waals surface area (Å²) < 4.78 is 2.47. The van der Waals surface area contributed by atoms with Gasteiger partial charge in [-0.3, -0.25) is 4.90 Å². The Morgan fingerprint density at radius 1 is 0.781 bits per heavy atom. The summed E-state index contributed by atoms with van der Waals surface area (Å²) >= 11 is 13.0. The number of nitrogens with zero attached hydrogens (tertiary/aromatic N) is 2. The largest absolute Gasteiger partial charge is 0.340 e. The normalized spacial score (nSPS) is 15.5. The zero-order valence-corrected chi connectivity index (χ0v) is 19.9. The van der Waals surface area contributed by atoms with Crippen molar-refractivity contribution in [1.29, 1.82) is 0 Å². The molecular weight excluding hydrogens is 435 g/mol. The van der Waals surface area contributed by atoms with E-state index in [2.05, 4.69) is 71.0 Å². The highest BCUT2D eigenvalue weighted by Crippen LogP contribution is 2.38. The summed E-state index contributed by atoms with van der Waals surface area (Å²) in [6, 6.07) is 25.4. The van der Waals surface area contributed by atoms with E-state index < -0.39 is 0 Å². The van der Waals surface area contributed by atoms with Crippen LogP contribution >= 0.6 is 23.2 Å². The lowest BCUT2D eigenvalue weighted by molar-refractivity contribution is 0.205. The molecule has 1 fully saturated rings. The second-order valence-electron chi connectivity index (χ2n) is 8.84. The fraction of sp³-hybridized carbons (Fsp3) is 0.286. The van der Waals surface area contributed by atoms with Crippen LogP contribution in [0, 0.1) is 6.92 Å². The van der Waals surface area contributed by atoms with Crippen molar-refractivity contribution in [3.63, 3.8) is 0 Å². The predicted octanol–water partition coefficient (Wildman–Crippen LogP) is 7.68. The highest BCUT2D eigenvalue weighted by atomic mass is 35.5. The van der Waals surface area contributed by atoms with Crippen LogP contribution in [0.15, 0.2) is 72.8 Å². The van der Waals surface area contributed by atoms with E-state index in [4.69, 9.17) is 23.2 Å². The van der Waals surface area contributed by atoms with Gasteiger partial charge in [0.1, 0.15) is 0 Å². The van der Waals surface area contributed by atoms with Gasteiger partial charge < -0.3 is 4.57 Å².